The van der Waals surface area contributed by atoms with Gasteiger partial charge in [0.1, 0.15) is 10.1 Å². The van der Waals surface area contributed by atoms with Crippen LogP contribution in [0.5, 0.6) is 0 Å². The van der Waals surface area contributed by atoms with Crippen LogP contribution in [0, 0.1) is 0 Å². The van der Waals surface area contributed by atoms with E-state index in [2.05, 4.69) is 0 Å². The highest BCUT2D eigenvalue weighted by molar-refractivity contribution is 7.85. The van der Waals surface area contributed by atoms with Crippen LogP contribution in [0.2, 0.25) is 0 Å². The molecular formula is C16H17O3S-. The van der Waals surface area contributed by atoms with Gasteiger partial charge in [0.15, 0.2) is 0 Å². The van der Waals surface area contributed by atoms with E-state index in [0.717, 1.165) is 42.0 Å². The van der Waals surface area contributed by atoms with Crippen molar-refractivity contribution in [2.24, 2.45) is 0 Å². The van der Waals surface area contributed by atoms with E-state index in [1.54, 1.807) is 6.07 Å². The van der Waals surface area contributed by atoms with Gasteiger partial charge in [0.05, 0.1) is 4.90 Å². The third kappa shape index (κ3) is 2.45. The summed E-state index contributed by atoms with van der Waals surface area (Å²) in [6, 6.07) is 10.9. The molecule has 1 saturated carbocycles. The zero-order valence-corrected chi connectivity index (χ0v) is 12.0. The largest absolute Gasteiger partial charge is 0.744 e. The molecular weight excluding hydrogens is 272 g/mol. The molecule has 0 radical (unpaired) electrons. The molecule has 3 rings (SSSR count). The smallest absolute Gasteiger partial charge is 0.124 e. The minimum absolute atomic E-state index is 0.0249. The van der Waals surface area contributed by atoms with Crippen molar-refractivity contribution in [3.63, 3.8) is 0 Å². The first-order chi connectivity index (χ1) is 9.57. The van der Waals surface area contributed by atoms with Crippen molar-refractivity contribution in [1.82, 2.24) is 0 Å². The predicted octanol–water partition coefficient (Wildman–Crippen LogP) is 3.79. The lowest BCUT2D eigenvalue weighted by atomic mass is 9.82. The molecule has 0 unspecified atom stereocenters. The molecule has 2 aromatic carbocycles. The minimum Gasteiger partial charge on any atom is -0.744 e. The van der Waals surface area contributed by atoms with E-state index in [0.29, 0.717) is 0 Å². The molecule has 3 nitrogen and oxygen atoms in total. The Balaban J connectivity index is 2.28. The lowest BCUT2D eigenvalue weighted by Gasteiger charge is -2.26. The molecule has 0 bridgehead atoms. The van der Waals surface area contributed by atoms with E-state index in [4.69, 9.17) is 0 Å². The van der Waals surface area contributed by atoms with E-state index >= 15 is 0 Å². The zero-order valence-electron chi connectivity index (χ0n) is 11.2. The molecule has 4 heteroatoms. The maximum atomic E-state index is 11.6. The average Bonchev–Trinajstić information content (AvgIpc) is 2.46. The molecule has 0 atom stereocenters. The van der Waals surface area contributed by atoms with Crippen molar-refractivity contribution in [2.45, 2.75) is 42.9 Å². The normalized spacial score (nSPS) is 17.4. The van der Waals surface area contributed by atoms with Crippen LogP contribution in [-0.2, 0) is 10.1 Å². The Hall–Kier alpha value is -1.39. The van der Waals surface area contributed by atoms with Gasteiger partial charge < -0.3 is 4.55 Å². The van der Waals surface area contributed by atoms with E-state index in [1.807, 2.05) is 24.3 Å². The van der Waals surface area contributed by atoms with E-state index in [-0.39, 0.29) is 10.8 Å². The van der Waals surface area contributed by atoms with Crippen LogP contribution in [0.3, 0.4) is 0 Å². The second-order valence-electron chi connectivity index (χ2n) is 5.49. The van der Waals surface area contributed by atoms with Gasteiger partial charge in [-0.2, -0.15) is 0 Å². The molecule has 2 aromatic rings. The minimum atomic E-state index is -4.42. The van der Waals surface area contributed by atoms with Gasteiger partial charge in [-0.25, -0.2) is 8.42 Å². The molecule has 1 aliphatic rings. The van der Waals surface area contributed by atoms with Crippen molar-refractivity contribution < 1.29 is 13.0 Å². The SMILES string of the molecule is O=S(=O)([O-])c1ccc2ccccc2c1C1CCCCC1. The summed E-state index contributed by atoms with van der Waals surface area (Å²) in [5.41, 5.74) is 0.748. The van der Waals surface area contributed by atoms with Crippen LogP contribution in [0.15, 0.2) is 41.3 Å². The van der Waals surface area contributed by atoms with Gasteiger partial charge in [-0.1, -0.05) is 49.6 Å². The number of hydrogen-bond donors (Lipinski definition) is 0. The summed E-state index contributed by atoms with van der Waals surface area (Å²) in [5, 5.41) is 1.91. The third-order valence-corrected chi connectivity index (χ3v) is 5.11. The Labute approximate surface area is 119 Å². The summed E-state index contributed by atoms with van der Waals surface area (Å²) in [6.45, 7) is 0. The van der Waals surface area contributed by atoms with Crippen molar-refractivity contribution in [3.8, 4) is 0 Å². The molecule has 106 valence electrons. The molecule has 0 heterocycles. The number of hydrogen-bond acceptors (Lipinski definition) is 3. The second kappa shape index (κ2) is 5.19. The number of rotatable bonds is 2. The van der Waals surface area contributed by atoms with Gasteiger partial charge in [0.25, 0.3) is 0 Å². The van der Waals surface area contributed by atoms with Gasteiger partial charge in [-0.3, -0.25) is 0 Å². The van der Waals surface area contributed by atoms with Gasteiger partial charge in [0, 0.05) is 0 Å². The van der Waals surface area contributed by atoms with E-state index in [1.165, 1.54) is 12.5 Å². The Morgan fingerprint density at radius 3 is 2.35 bits per heavy atom. The third-order valence-electron chi connectivity index (χ3n) is 4.21. The van der Waals surface area contributed by atoms with Gasteiger partial charge in [-0.15, -0.1) is 0 Å². The Bertz CT molecular complexity index is 728. The first kappa shape index (κ1) is 13.6. The monoisotopic (exact) mass is 289 g/mol. The summed E-state index contributed by atoms with van der Waals surface area (Å²) in [5.74, 6) is 0.188. The average molecular weight is 289 g/mol. The molecule has 0 amide bonds. The van der Waals surface area contributed by atoms with Crippen molar-refractivity contribution in [1.29, 1.82) is 0 Å². The second-order valence-corrected chi connectivity index (χ2v) is 6.84. The van der Waals surface area contributed by atoms with Crippen LogP contribution in [-0.4, -0.2) is 13.0 Å². The standard InChI is InChI=1S/C16H18O3S/c17-20(18,19)15-11-10-12-6-4-5-9-14(12)16(15)13-7-2-1-3-8-13/h4-6,9-11,13H,1-3,7-8H2,(H,17,18,19)/p-1. The number of benzene rings is 2. The van der Waals surface area contributed by atoms with Crippen molar-refractivity contribution >= 4 is 20.9 Å². The van der Waals surface area contributed by atoms with Gasteiger partial charge in [0.2, 0.25) is 0 Å². The first-order valence-corrected chi connectivity index (χ1v) is 8.46. The van der Waals surface area contributed by atoms with Crippen LogP contribution >= 0.6 is 0 Å². The number of fused-ring (bicyclic) bond motifs is 1. The summed E-state index contributed by atoms with van der Waals surface area (Å²) >= 11 is 0. The molecule has 0 spiro atoms. The molecule has 1 fully saturated rings. The fraction of sp³-hybridized carbons (Fsp3) is 0.375. The topological polar surface area (TPSA) is 57.2 Å². The highest BCUT2D eigenvalue weighted by Gasteiger charge is 2.23. The Morgan fingerprint density at radius 1 is 0.950 bits per heavy atom. The zero-order chi connectivity index (χ0) is 14.2. The summed E-state index contributed by atoms with van der Waals surface area (Å²) in [6.07, 6.45) is 5.34. The maximum absolute atomic E-state index is 11.6. The quantitative estimate of drug-likeness (QED) is 0.790. The molecule has 20 heavy (non-hydrogen) atoms. The molecule has 0 aliphatic heterocycles. The van der Waals surface area contributed by atoms with Crippen LogP contribution in [0.1, 0.15) is 43.6 Å². The van der Waals surface area contributed by atoms with Crippen molar-refractivity contribution in [3.05, 3.63) is 42.0 Å². The lowest BCUT2D eigenvalue weighted by Crippen LogP contribution is -2.11. The molecule has 0 N–H and O–H groups in total. The van der Waals surface area contributed by atoms with Crippen LogP contribution < -0.4 is 0 Å². The fourth-order valence-corrected chi connectivity index (χ4v) is 4.09. The fourth-order valence-electron chi connectivity index (χ4n) is 3.31. The molecule has 0 aromatic heterocycles. The van der Waals surface area contributed by atoms with Gasteiger partial charge in [-0.05, 0) is 41.2 Å². The van der Waals surface area contributed by atoms with Gasteiger partial charge >= 0.3 is 0 Å². The first-order valence-electron chi connectivity index (χ1n) is 7.05. The summed E-state index contributed by atoms with van der Waals surface area (Å²) in [7, 11) is -4.42. The highest BCUT2D eigenvalue weighted by Crippen LogP contribution is 2.39. The van der Waals surface area contributed by atoms with E-state index < -0.39 is 10.1 Å². The van der Waals surface area contributed by atoms with Crippen LogP contribution in [0.4, 0.5) is 0 Å². The maximum Gasteiger partial charge on any atom is 0.124 e. The summed E-state index contributed by atoms with van der Waals surface area (Å²) in [4.78, 5) is -0.0249. The molecule has 1 aliphatic carbocycles. The van der Waals surface area contributed by atoms with E-state index in [9.17, 15) is 13.0 Å². The molecule has 0 saturated heterocycles. The predicted molar refractivity (Wildman–Crippen MR) is 77.7 cm³/mol. The summed E-state index contributed by atoms with van der Waals surface area (Å²) < 4.78 is 34.8. The Morgan fingerprint density at radius 2 is 1.65 bits per heavy atom. The van der Waals surface area contributed by atoms with Crippen LogP contribution in [0.25, 0.3) is 10.8 Å². The lowest BCUT2D eigenvalue weighted by molar-refractivity contribution is 0.433. The Kier molecular flexibility index (Phi) is 3.52. The van der Waals surface area contributed by atoms with Crippen molar-refractivity contribution in [2.75, 3.05) is 0 Å². The highest BCUT2D eigenvalue weighted by atomic mass is 32.2.